The Morgan fingerprint density at radius 1 is 1.18 bits per heavy atom. The molecule has 0 aliphatic carbocycles. The summed E-state index contributed by atoms with van der Waals surface area (Å²) in [4.78, 5) is 12.9. The average Bonchev–Trinajstić information content (AvgIpc) is 2.83. The molecule has 3 aromatic carbocycles. The number of hydrogen-bond acceptors (Lipinski definition) is 6. The lowest BCUT2D eigenvalue weighted by Crippen LogP contribution is -2.14. The summed E-state index contributed by atoms with van der Waals surface area (Å²) in [5, 5.41) is 20.1. The molecule has 0 aliphatic heterocycles. The van der Waals surface area contributed by atoms with Gasteiger partial charge in [0.05, 0.1) is 15.6 Å². The number of rotatable bonds is 7. The summed E-state index contributed by atoms with van der Waals surface area (Å²) in [6.45, 7) is 1.31. The maximum absolute atomic E-state index is 14.9. The minimum absolute atomic E-state index is 0.0218. The third-order valence-corrected chi connectivity index (χ3v) is 6.13. The van der Waals surface area contributed by atoms with Crippen LogP contribution >= 0.6 is 11.6 Å². The van der Waals surface area contributed by atoms with Gasteiger partial charge >= 0.3 is 0 Å². The zero-order chi connectivity index (χ0) is 25.0. The van der Waals surface area contributed by atoms with E-state index in [4.69, 9.17) is 28.6 Å². The molecule has 8 nitrogen and oxygen atoms in total. The molecule has 7 N–H and O–H groups in total. The first kappa shape index (κ1) is 25.1. The van der Waals surface area contributed by atoms with Crippen LogP contribution in [0, 0.1) is 5.41 Å². The molecule has 34 heavy (non-hydrogen) atoms. The highest BCUT2D eigenvalue weighted by molar-refractivity contribution is 7.80. The van der Waals surface area contributed by atoms with E-state index in [0.717, 1.165) is 0 Å². The average molecular weight is 503 g/mol. The predicted octanol–water partition coefficient (Wildman–Crippen LogP) is 4.25. The Bertz CT molecular complexity index is 1350. The number of carbonyl (C=O) groups excluding carboxylic acids is 1. The van der Waals surface area contributed by atoms with Crippen LogP contribution in [-0.4, -0.2) is 21.1 Å². The van der Waals surface area contributed by atoms with Crippen molar-refractivity contribution in [3.63, 3.8) is 0 Å². The fraction of sp³-hybridized carbons (Fsp3) is 0.0435. The third kappa shape index (κ3) is 5.32. The first-order valence-electron chi connectivity index (χ1n) is 9.67. The number of anilines is 1. The Kier molecular flexibility index (Phi) is 7.79. The van der Waals surface area contributed by atoms with Gasteiger partial charge in [0.15, 0.2) is 5.83 Å². The van der Waals surface area contributed by atoms with E-state index in [1.54, 1.807) is 30.3 Å². The zero-order valence-corrected chi connectivity index (χ0v) is 19.3. The highest BCUT2D eigenvalue weighted by Gasteiger charge is 2.19. The lowest BCUT2D eigenvalue weighted by Gasteiger charge is -2.12. The number of nitrogens with two attached hydrogens (primary N) is 2. The van der Waals surface area contributed by atoms with Crippen molar-refractivity contribution in [2.24, 2.45) is 11.6 Å². The Morgan fingerprint density at radius 2 is 1.88 bits per heavy atom. The van der Waals surface area contributed by atoms with Crippen molar-refractivity contribution in [2.75, 3.05) is 5.32 Å². The fourth-order valence-corrected chi connectivity index (χ4v) is 4.04. The number of phenolic OH excluding ortho intramolecular Hbond substituents is 1. The lowest BCUT2D eigenvalue weighted by atomic mass is 10.0. The van der Waals surface area contributed by atoms with Crippen molar-refractivity contribution < 1.29 is 22.8 Å². The van der Waals surface area contributed by atoms with Gasteiger partial charge in [0.1, 0.15) is 11.6 Å². The van der Waals surface area contributed by atoms with Crippen LogP contribution in [0.4, 0.5) is 10.1 Å². The van der Waals surface area contributed by atoms with Gasteiger partial charge in [0.25, 0.3) is 5.91 Å². The number of amidine groups is 1. The summed E-state index contributed by atoms with van der Waals surface area (Å²) in [5.74, 6) is 2.26. The number of phenols is 1. The van der Waals surface area contributed by atoms with Crippen LogP contribution in [0.1, 0.15) is 18.1 Å². The second-order valence-electron chi connectivity index (χ2n) is 7.06. The van der Waals surface area contributed by atoms with Gasteiger partial charge in [-0.3, -0.25) is 10.2 Å². The van der Waals surface area contributed by atoms with E-state index in [1.807, 2.05) is 0 Å². The molecule has 3 aromatic rings. The van der Waals surface area contributed by atoms with Crippen molar-refractivity contribution in [3.8, 4) is 16.9 Å². The Balaban J connectivity index is 1.90. The van der Waals surface area contributed by atoms with Crippen LogP contribution < -0.4 is 16.9 Å². The van der Waals surface area contributed by atoms with Gasteiger partial charge in [-0.2, -0.15) is 10.2 Å². The molecular formula is C23H20ClFN4O4S. The molecule has 1 atom stereocenters. The van der Waals surface area contributed by atoms with Crippen molar-refractivity contribution in [3.05, 3.63) is 82.6 Å². The Hall–Kier alpha value is -3.57. The van der Waals surface area contributed by atoms with Gasteiger partial charge in [0.2, 0.25) is 11.1 Å². The van der Waals surface area contributed by atoms with Gasteiger partial charge in [-0.1, -0.05) is 35.9 Å². The van der Waals surface area contributed by atoms with Crippen molar-refractivity contribution in [1.29, 1.82) is 5.41 Å². The summed E-state index contributed by atoms with van der Waals surface area (Å²) >= 11 is 4.42. The zero-order valence-electron chi connectivity index (χ0n) is 17.8. The normalized spacial score (nSPS) is 12.6. The fourth-order valence-electron chi connectivity index (χ4n) is 3.16. The number of aromatic hydroxyl groups is 1. The highest BCUT2D eigenvalue weighted by atomic mass is 35.5. The van der Waals surface area contributed by atoms with Gasteiger partial charge in [-0.25, -0.2) is 8.60 Å². The molecule has 176 valence electrons. The number of allylic oxidation sites excluding steroid dienone is 1. The van der Waals surface area contributed by atoms with Gasteiger partial charge < -0.3 is 16.2 Å². The molecule has 0 heterocycles. The monoisotopic (exact) mass is 502 g/mol. The topological polar surface area (TPSA) is 152 Å². The van der Waals surface area contributed by atoms with E-state index in [-0.39, 0.29) is 39.0 Å². The summed E-state index contributed by atoms with van der Waals surface area (Å²) in [7, 11) is 0. The number of hydrogen-bond donors (Lipinski definition) is 5. The van der Waals surface area contributed by atoms with E-state index < -0.39 is 22.8 Å². The van der Waals surface area contributed by atoms with Crippen LogP contribution in [0.15, 0.2) is 71.4 Å². The van der Waals surface area contributed by atoms with Crippen LogP contribution in [-0.2, 0) is 20.2 Å². The Morgan fingerprint density at radius 3 is 2.53 bits per heavy atom. The molecule has 3 rings (SSSR count). The Labute approximate surface area is 202 Å². The van der Waals surface area contributed by atoms with Crippen molar-refractivity contribution in [1.82, 2.24) is 0 Å². The summed E-state index contributed by atoms with van der Waals surface area (Å²) in [5.41, 5.74) is 6.83. The third-order valence-electron chi connectivity index (χ3n) is 4.92. The number of amides is 1. The molecule has 1 unspecified atom stereocenters. The maximum Gasteiger partial charge on any atom is 0.284 e. The van der Waals surface area contributed by atoms with E-state index in [0.29, 0.717) is 16.0 Å². The van der Waals surface area contributed by atoms with Crippen LogP contribution in [0.2, 0.25) is 5.02 Å². The number of halogens is 2. The summed E-state index contributed by atoms with van der Waals surface area (Å²) in [6.07, 6.45) is 0. The maximum atomic E-state index is 14.9. The second-order valence-corrected chi connectivity index (χ2v) is 8.57. The second kappa shape index (κ2) is 10.6. The molecular weight excluding hydrogens is 483 g/mol. The van der Waals surface area contributed by atoms with Crippen LogP contribution in [0.3, 0.4) is 0 Å². The minimum atomic E-state index is -1.89. The van der Waals surface area contributed by atoms with E-state index in [1.165, 1.54) is 37.3 Å². The number of nitrogen functional groups attached to an aromatic ring is 1. The first-order chi connectivity index (χ1) is 16.1. The molecule has 0 spiro atoms. The molecule has 0 saturated carbocycles. The number of benzene rings is 3. The lowest BCUT2D eigenvalue weighted by molar-refractivity contribution is -0.114. The molecule has 11 heteroatoms. The molecule has 0 aromatic heterocycles. The molecule has 0 bridgehead atoms. The summed E-state index contributed by atoms with van der Waals surface area (Å²) in [6, 6.07) is 15.3. The van der Waals surface area contributed by atoms with Crippen LogP contribution in [0.25, 0.3) is 16.7 Å². The molecule has 0 fully saturated rings. The molecule has 0 aliphatic rings. The largest absolute Gasteiger partial charge is 0.507 e. The van der Waals surface area contributed by atoms with E-state index in [9.17, 15) is 18.5 Å². The smallest absolute Gasteiger partial charge is 0.284 e. The molecule has 0 radical (unpaired) electrons. The van der Waals surface area contributed by atoms with E-state index in [2.05, 4.69) is 9.60 Å². The summed E-state index contributed by atoms with van der Waals surface area (Å²) < 4.78 is 31.4. The number of carbonyl (C=O) groups is 1. The highest BCUT2D eigenvalue weighted by Crippen LogP contribution is 2.33. The standard InChI is InChI=1S/C23H20ClFN4O4S/c1-12(16-10-14(22(26)27)7-9-19(16)30)21(25)23(31)29-18-8-6-13(11-17(18)24)15-4-2-3-5-20(15)34(32)33-28/h2-11,30H,28H2,1H3,(H3,26,27)(H,29,31)/b21-12+. The minimum Gasteiger partial charge on any atom is -0.507 e. The first-order valence-corrected chi connectivity index (χ1v) is 11.1. The van der Waals surface area contributed by atoms with Gasteiger partial charge in [-0.15, -0.1) is 0 Å². The van der Waals surface area contributed by atoms with Gasteiger partial charge in [0, 0.05) is 22.3 Å². The molecule has 0 saturated heterocycles. The van der Waals surface area contributed by atoms with Crippen molar-refractivity contribution >= 4 is 45.7 Å². The predicted molar refractivity (Wildman–Crippen MR) is 130 cm³/mol. The quantitative estimate of drug-likeness (QED) is 0.141. The number of nitrogens with one attached hydrogen (secondary N) is 2. The molecule has 1 amide bonds. The van der Waals surface area contributed by atoms with Gasteiger partial charge in [-0.05, 0) is 48.9 Å². The van der Waals surface area contributed by atoms with E-state index >= 15 is 0 Å². The SMILES string of the molecule is C/C(=C(\F)C(=O)Nc1ccc(-c2ccccc2S(=O)ON)cc1Cl)c1cc(C(=N)N)ccc1O. The van der Waals surface area contributed by atoms with Crippen molar-refractivity contribution in [2.45, 2.75) is 11.8 Å². The van der Waals surface area contributed by atoms with Crippen LogP contribution in [0.5, 0.6) is 5.75 Å².